The van der Waals surface area contributed by atoms with E-state index in [0.717, 1.165) is 38.9 Å². The lowest BCUT2D eigenvalue weighted by atomic mass is 9.95. The fraction of sp³-hybridized carbons (Fsp3) is 0.704. The first-order valence-corrected chi connectivity index (χ1v) is 12.6. The highest BCUT2D eigenvalue weighted by Gasteiger charge is 2.24. The van der Waals surface area contributed by atoms with Gasteiger partial charge in [0.2, 0.25) is 0 Å². The summed E-state index contributed by atoms with van der Waals surface area (Å²) < 4.78 is 8.66. The first-order chi connectivity index (χ1) is 15.9. The van der Waals surface area contributed by atoms with E-state index < -0.39 is 5.43 Å². The number of amides is 1. The van der Waals surface area contributed by atoms with Crippen molar-refractivity contribution in [3.63, 3.8) is 0 Å². The maximum absolute atomic E-state index is 11.5. The number of rotatable bonds is 5. The highest BCUT2D eigenvalue weighted by molar-refractivity contribution is 6.61. The Morgan fingerprint density at radius 2 is 1.44 bits per heavy atom. The number of likely N-dealkylation sites (N-methyl/N-ethyl adjacent to an activating group) is 1. The molecule has 1 aliphatic heterocycles. The third kappa shape index (κ3) is 19.7. The smallest absolute Gasteiger partial charge is 0.409 e. The first kappa shape index (κ1) is 39.4. The van der Waals surface area contributed by atoms with Crippen LogP contribution in [0, 0.1) is 5.92 Å². The van der Waals surface area contributed by atoms with Crippen molar-refractivity contribution in [2.75, 3.05) is 40.9 Å². The Morgan fingerprint density at radius 3 is 1.82 bits per heavy atom. The predicted molar refractivity (Wildman–Crippen MR) is 148 cm³/mol. The summed E-state index contributed by atoms with van der Waals surface area (Å²) in [4.78, 5) is 25.1. The number of carbonyl (C=O) groups excluding carboxylic acids is 2. The molecule has 1 saturated heterocycles. The summed E-state index contributed by atoms with van der Waals surface area (Å²) in [5.74, 6) is 0.670. The Hall–Kier alpha value is -1.79. The predicted octanol–water partition coefficient (Wildman–Crippen LogP) is 7.73. The van der Waals surface area contributed by atoms with Crippen LogP contribution in [0.2, 0.25) is 0 Å². The molecule has 0 radical (unpaired) electrons. The van der Waals surface area contributed by atoms with Gasteiger partial charge in [0.1, 0.15) is 0 Å². The number of halogens is 1. The summed E-state index contributed by atoms with van der Waals surface area (Å²) in [7, 11) is 4.88. The van der Waals surface area contributed by atoms with Crippen molar-refractivity contribution in [3.8, 4) is 0 Å². The van der Waals surface area contributed by atoms with Crippen LogP contribution in [0.3, 0.4) is 0 Å². The lowest BCUT2D eigenvalue weighted by Crippen LogP contribution is -2.42. The molecule has 0 N–H and O–H groups in total. The van der Waals surface area contributed by atoms with Gasteiger partial charge in [-0.1, -0.05) is 79.3 Å². The van der Waals surface area contributed by atoms with Crippen molar-refractivity contribution < 1.29 is 19.1 Å². The van der Waals surface area contributed by atoms with Crippen molar-refractivity contribution in [2.24, 2.45) is 5.92 Å². The zero-order valence-electron chi connectivity index (χ0n) is 22.7. The topological polar surface area (TPSA) is 59.1 Å². The average molecular weight is 505 g/mol. The molecule has 1 amide bonds. The van der Waals surface area contributed by atoms with E-state index in [2.05, 4.69) is 65.5 Å². The van der Waals surface area contributed by atoms with Crippen LogP contribution in [0.15, 0.2) is 30.3 Å². The van der Waals surface area contributed by atoms with Crippen molar-refractivity contribution in [2.45, 2.75) is 81.2 Å². The molecule has 1 fully saturated rings. The molecular formula is C27H53ClN2O4. The minimum absolute atomic E-state index is 0. The molecule has 0 bridgehead atoms. The van der Waals surface area contributed by atoms with Crippen LogP contribution >= 0.6 is 11.6 Å². The van der Waals surface area contributed by atoms with E-state index in [9.17, 15) is 9.59 Å². The van der Waals surface area contributed by atoms with Gasteiger partial charge >= 0.3 is 11.5 Å². The molecular weight excluding hydrogens is 452 g/mol. The van der Waals surface area contributed by atoms with E-state index in [1.807, 2.05) is 46.4 Å². The second-order valence-corrected chi connectivity index (χ2v) is 7.13. The minimum Gasteiger partial charge on any atom is -0.457 e. The fourth-order valence-electron chi connectivity index (χ4n) is 3.13. The van der Waals surface area contributed by atoms with Gasteiger partial charge in [-0.05, 0) is 44.7 Å². The number of hydrogen-bond acceptors (Lipinski definition) is 5. The molecule has 1 unspecified atom stereocenters. The molecule has 0 aromatic heterocycles. The lowest BCUT2D eigenvalue weighted by Gasteiger charge is -2.35. The normalized spacial score (nSPS) is 12.9. The fourth-order valence-corrected chi connectivity index (χ4v) is 3.13. The SMILES string of the molecule is C.CC.CC.CC.COC(=O)Cl.COC(=O)N1CCC(CN(C)C(C)Cc2ccccc2)CC1. The number of likely N-dealkylation sites (tertiary alicyclic amines) is 1. The Kier molecular flexibility index (Phi) is 31.8. The van der Waals surface area contributed by atoms with Crippen LogP contribution in [0.1, 0.15) is 74.3 Å². The van der Waals surface area contributed by atoms with Crippen molar-refractivity contribution in [3.05, 3.63) is 35.9 Å². The van der Waals surface area contributed by atoms with Gasteiger partial charge in [0.05, 0.1) is 14.2 Å². The summed E-state index contributed by atoms with van der Waals surface area (Å²) >= 11 is 4.60. The average Bonchev–Trinajstić information content (AvgIpc) is 2.88. The minimum atomic E-state index is -0.773. The largest absolute Gasteiger partial charge is 0.457 e. The van der Waals surface area contributed by atoms with Crippen LogP contribution in [-0.4, -0.2) is 68.3 Å². The van der Waals surface area contributed by atoms with Gasteiger partial charge in [-0.3, -0.25) is 0 Å². The number of carbonyl (C=O) groups is 2. The van der Waals surface area contributed by atoms with Gasteiger partial charge in [0.25, 0.3) is 0 Å². The van der Waals surface area contributed by atoms with Gasteiger partial charge in [-0.25, -0.2) is 9.59 Å². The highest BCUT2D eigenvalue weighted by atomic mass is 35.5. The van der Waals surface area contributed by atoms with Crippen LogP contribution in [-0.2, 0) is 15.9 Å². The number of piperidine rings is 1. The van der Waals surface area contributed by atoms with Crippen molar-refractivity contribution in [1.29, 1.82) is 0 Å². The Bertz CT molecular complexity index is 565. The zero-order chi connectivity index (χ0) is 26.2. The zero-order valence-corrected chi connectivity index (χ0v) is 23.4. The molecule has 1 atom stereocenters. The molecule has 0 spiro atoms. The quantitative estimate of drug-likeness (QED) is 0.384. The van der Waals surface area contributed by atoms with Crippen LogP contribution in [0.5, 0.6) is 0 Å². The molecule has 1 aliphatic rings. The van der Waals surface area contributed by atoms with Crippen LogP contribution in [0.4, 0.5) is 9.59 Å². The third-order valence-corrected chi connectivity index (χ3v) is 5.03. The van der Waals surface area contributed by atoms with Crippen molar-refractivity contribution in [1.82, 2.24) is 9.80 Å². The van der Waals surface area contributed by atoms with Crippen LogP contribution in [0.25, 0.3) is 0 Å². The standard InChI is InChI=1S/C18H28N2O2.C2H3ClO2.3C2H6.CH4/c1-15(13-16-7-5-4-6-8-16)19(2)14-17-9-11-20(12-10-17)18(21)22-3;1-5-2(3)4;3*1-2;/h4-8,15,17H,9-14H2,1-3H3;1H3;3*1-2H3;1H4. The van der Waals surface area contributed by atoms with Gasteiger partial charge < -0.3 is 19.3 Å². The molecule has 7 heteroatoms. The molecule has 1 aromatic carbocycles. The van der Waals surface area contributed by atoms with E-state index in [-0.39, 0.29) is 13.5 Å². The number of nitrogens with zero attached hydrogens (tertiary/aromatic N) is 2. The Balaban J connectivity index is -0.000000322. The molecule has 34 heavy (non-hydrogen) atoms. The molecule has 202 valence electrons. The van der Waals surface area contributed by atoms with Crippen molar-refractivity contribution >= 4 is 23.1 Å². The summed E-state index contributed by atoms with van der Waals surface area (Å²) in [6.07, 6.45) is 3.03. The summed E-state index contributed by atoms with van der Waals surface area (Å²) in [6, 6.07) is 11.2. The second kappa shape index (κ2) is 27.5. The maximum atomic E-state index is 11.5. The van der Waals surface area contributed by atoms with E-state index >= 15 is 0 Å². The number of benzene rings is 1. The first-order valence-electron chi connectivity index (χ1n) is 12.2. The molecule has 2 rings (SSSR count). The molecule has 1 heterocycles. The second-order valence-electron chi connectivity index (χ2n) is 6.82. The monoisotopic (exact) mass is 504 g/mol. The molecule has 0 saturated carbocycles. The van der Waals surface area contributed by atoms with Gasteiger partial charge in [-0.2, -0.15) is 0 Å². The Morgan fingerprint density at radius 1 is 1.00 bits per heavy atom. The molecule has 1 aromatic rings. The highest BCUT2D eigenvalue weighted by Crippen LogP contribution is 2.20. The van der Waals surface area contributed by atoms with E-state index in [1.165, 1.54) is 19.8 Å². The third-order valence-electron chi connectivity index (χ3n) is 4.88. The lowest BCUT2D eigenvalue weighted by molar-refractivity contribution is 0.0968. The van der Waals surface area contributed by atoms with Gasteiger partial charge in [0, 0.05) is 37.3 Å². The summed E-state index contributed by atoms with van der Waals surface area (Å²) in [5.41, 5.74) is 0.618. The summed E-state index contributed by atoms with van der Waals surface area (Å²) in [5, 5.41) is 0. The van der Waals surface area contributed by atoms with E-state index in [4.69, 9.17) is 4.74 Å². The van der Waals surface area contributed by atoms with E-state index in [0.29, 0.717) is 12.0 Å². The maximum Gasteiger partial charge on any atom is 0.409 e. The molecule has 6 nitrogen and oxygen atoms in total. The number of ether oxygens (including phenoxy) is 2. The Labute approximate surface area is 215 Å². The van der Waals surface area contributed by atoms with E-state index in [1.54, 1.807) is 0 Å². The summed E-state index contributed by atoms with van der Waals surface area (Å²) in [6.45, 7) is 17.0. The van der Waals surface area contributed by atoms with Crippen LogP contribution < -0.4 is 0 Å². The molecule has 0 aliphatic carbocycles. The number of hydrogen-bond donors (Lipinski definition) is 0. The van der Waals surface area contributed by atoms with Gasteiger partial charge in [-0.15, -0.1) is 0 Å². The number of methoxy groups -OCH3 is 2. The van der Waals surface area contributed by atoms with Gasteiger partial charge in [0.15, 0.2) is 0 Å².